The lowest BCUT2D eigenvalue weighted by Crippen LogP contribution is -2.43. The first kappa shape index (κ1) is 16.1. The average Bonchev–Trinajstić information content (AvgIpc) is 2.45. The maximum Gasteiger partial charge on any atom is 0.119 e. The molecule has 0 radical (unpaired) electrons. The molecule has 0 spiro atoms. The highest BCUT2D eigenvalue weighted by molar-refractivity contribution is 5.53. The molecule has 1 fully saturated rings. The van der Waals surface area contributed by atoms with E-state index in [9.17, 15) is 5.11 Å². The van der Waals surface area contributed by atoms with Crippen molar-refractivity contribution in [1.29, 1.82) is 0 Å². The van der Waals surface area contributed by atoms with Crippen LogP contribution in [0.2, 0.25) is 0 Å². The quantitative estimate of drug-likeness (QED) is 0.882. The van der Waals surface area contributed by atoms with Gasteiger partial charge in [-0.3, -0.25) is 0 Å². The first-order valence-corrected chi connectivity index (χ1v) is 8.00. The van der Waals surface area contributed by atoms with Crippen LogP contribution in [0.15, 0.2) is 30.3 Å². The summed E-state index contributed by atoms with van der Waals surface area (Å²) < 4.78 is 5.25. The van der Waals surface area contributed by atoms with Gasteiger partial charge in [0.05, 0.1) is 12.7 Å². The highest BCUT2D eigenvalue weighted by Crippen LogP contribution is 2.42. The monoisotopic (exact) mass is 288 g/mol. The van der Waals surface area contributed by atoms with Gasteiger partial charge in [0.2, 0.25) is 0 Å². The van der Waals surface area contributed by atoms with E-state index in [4.69, 9.17) is 4.74 Å². The van der Waals surface area contributed by atoms with Gasteiger partial charge in [-0.1, -0.05) is 51.5 Å². The molecule has 0 bridgehead atoms. The third-order valence-electron chi connectivity index (χ3n) is 4.75. The van der Waals surface area contributed by atoms with E-state index in [1.165, 1.54) is 6.42 Å². The molecule has 1 aromatic rings. The van der Waals surface area contributed by atoms with Crippen molar-refractivity contribution in [2.45, 2.75) is 45.6 Å². The van der Waals surface area contributed by atoms with Crippen molar-refractivity contribution in [3.63, 3.8) is 0 Å². The Kier molecular flexibility index (Phi) is 5.10. The first-order valence-electron chi connectivity index (χ1n) is 8.00. The largest absolute Gasteiger partial charge is 0.497 e. The van der Waals surface area contributed by atoms with E-state index >= 15 is 0 Å². The molecule has 2 nitrogen and oxygen atoms in total. The predicted octanol–water partition coefficient (Wildman–Crippen LogP) is 4.53. The Bertz CT molecular complexity index is 492. The molecule has 1 aliphatic rings. The van der Waals surface area contributed by atoms with Gasteiger partial charge in [-0.15, -0.1) is 0 Å². The molecule has 2 rings (SSSR count). The zero-order valence-electron chi connectivity index (χ0n) is 13.7. The molecule has 21 heavy (non-hydrogen) atoms. The molecule has 1 saturated carbocycles. The van der Waals surface area contributed by atoms with Crippen LogP contribution in [-0.2, 0) is 0 Å². The van der Waals surface area contributed by atoms with Gasteiger partial charge in [-0.25, -0.2) is 0 Å². The van der Waals surface area contributed by atoms with Crippen molar-refractivity contribution in [2.75, 3.05) is 7.11 Å². The maximum absolute atomic E-state index is 11.1. The Morgan fingerprint density at radius 3 is 2.76 bits per heavy atom. The molecule has 2 heteroatoms. The molecule has 0 unspecified atom stereocenters. The zero-order valence-corrected chi connectivity index (χ0v) is 13.7. The van der Waals surface area contributed by atoms with Gasteiger partial charge in [0.1, 0.15) is 5.75 Å². The average molecular weight is 288 g/mol. The third kappa shape index (κ3) is 3.88. The lowest BCUT2D eigenvalue weighted by molar-refractivity contribution is -0.0401. The van der Waals surface area contributed by atoms with Crippen molar-refractivity contribution >= 4 is 6.08 Å². The van der Waals surface area contributed by atoms with Crippen molar-refractivity contribution in [2.24, 2.45) is 17.8 Å². The minimum atomic E-state index is -0.686. The second-order valence-corrected chi connectivity index (χ2v) is 6.84. The summed E-state index contributed by atoms with van der Waals surface area (Å²) in [7, 11) is 1.67. The first-order chi connectivity index (χ1) is 9.94. The van der Waals surface area contributed by atoms with Gasteiger partial charge in [-0.2, -0.15) is 0 Å². The highest BCUT2D eigenvalue weighted by atomic mass is 16.5. The van der Waals surface area contributed by atoms with Crippen molar-refractivity contribution in [1.82, 2.24) is 0 Å². The maximum atomic E-state index is 11.1. The molecule has 0 heterocycles. The number of hydrogen-bond acceptors (Lipinski definition) is 2. The Morgan fingerprint density at radius 1 is 1.33 bits per heavy atom. The summed E-state index contributed by atoms with van der Waals surface area (Å²) in [5.41, 5.74) is 0.387. The normalized spacial score (nSPS) is 30.0. The van der Waals surface area contributed by atoms with Gasteiger partial charge in [-0.05, 0) is 48.3 Å². The molecular formula is C19H28O2. The second-order valence-electron chi connectivity index (χ2n) is 6.84. The van der Waals surface area contributed by atoms with Gasteiger partial charge in [0.15, 0.2) is 0 Å². The molecule has 0 aromatic heterocycles. The summed E-state index contributed by atoms with van der Waals surface area (Å²) in [4.78, 5) is 0. The number of benzene rings is 1. The molecule has 0 amide bonds. The van der Waals surface area contributed by atoms with E-state index in [0.717, 1.165) is 24.2 Å². The van der Waals surface area contributed by atoms with Crippen LogP contribution in [0.3, 0.4) is 0 Å². The number of ether oxygens (including phenoxy) is 1. The summed E-state index contributed by atoms with van der Waals surface area (Å²) in [6.45, 7) is 6.66. The lowest BCUT2D eigenvalue weighted by atomic mass is 9.67. The van der Waals surface area contributed by atoms with Crippen LogP contribution in [-0.4, -0.2) is 17.8 Å². The summed E-state index contributed by atoms with van der Waals surface area (Å²) in [6.07, 6.45) is 7.24. The Labute approximate surface area is 128 Å². The number of aliphatic hydroxyl groups is 1. The van der Waals surface area contributed by atoms with Gasteiger partial charge < -0.3 is 9.84 Å². The molecule has 1 aromatic carbocycles. The minimum Gasteiger partial charge on any atom is -0.497 e. The minimum absolute atomic E-state index is 0.343. The molecule has 0 aliphatic heterocycles. The van der Waals surface area contributed by atoms with Crippen LogP contribution in [0.5, 0.6) is 5.75 Å². The Hall–Kier alpha value is -1.28. The smallest absolute Gasteiger partial charge is 0.119 e. The number of methoxy groups -OCH3 is 1. The van der Waals surface area contributed by atoms with Crippen LogP contribution in [0, 0.1) is 17.8 Å². The van der Waals surface area contributed by atoms with Crippen LogP contribution < -0.4 is 4.74 Å². The van der Waals surface area contributed by atoms with E-state index in [2.05, 4.69) is 20.8 Å². The Balaban J connectivity index is 2.22. The Morgan fingerprint density at radius 2 is 2.10 bits per heavy atom. The highest BCUT2D eigenvalue weighted by Gasteiger charge is 2.40. The summed E-state index contributed by atoms with van der Waals surface area (Å²) in [5, 5.41) is 11.1. The van der Waals surface area contributed by atoms with Crippen LogP contribution in [0.1, 0.15) is 45.6 Å². The number of rotatable bonds is 4. The van der Waals surface area contributed by atoms with Crippen molar-refractivity contribution in [3.8, 4) is 5.75 Å². The van der Waals surface area contributed by atoms with E-state index < -0.39 is 5.60 Å². The van der Waals surface area contributed by atoms with Crippen LogP contribution in [0.4, 0.5) is 0 Å². The number of hydrogen-bond donors (Lipinski definition) is 1. The predicted molar refractivity (Wildman–Crippen MR) is 88.3 cm³/mol. The van der Waals surface area contributed by atoms with Gasteiger partial charge in [0.25, 0.3) is 0 Å². The molecular weight excluding hydrogens is 260 g/mol. The second kappa shape index (κ2) is 6.65. The van der Waals surface area contributed by atoms with E-state index in [1.807, 2.05) is 36.4 Å². The molecule has 3 atom stereocenters. The summed E-state index contributed by atoms with van der Waals surface area (Å²) in [6, 6.07) is 7.95. The molecule has 1 aliphatic carbocycles. The SMILES string of the molecule is COc1cccc(/C=C/[C@]2(O)C[C@H](C)CC[C@H]2C(C)C)c1. The fourth-order valence-corrected chi connectivity index (χ4v) is 3.61. The fourth-order valence-electron chi connectivity index (χ4n) is 3.61. The third-order valence-corrected chi connectivity index (χ3v) is 4.75. The summed E-state index contributed by atoms with van der Waals surface area (Å²) >= 11 is 0. The molecule has 0 saturated heterocycles. The van der Waals surface area contributed by atoms with Gasteiger partial charge >= 0.3 is 0 Å². The van der Waals surface area contributed by atoms with Gasteiger partial charge in [0, 0.05) is 0 Å². The molecule has 116 valence electrons. The standard InChI is InChI=1S/C19H28O2/c1-14(2)18-9-8-15(3)13-19(18,20)11-10-16-6-5-7-17(12-16)21-4/h5-7,10-12,14-15,18,20H,8-9,13H2,1-4H3/b11-10+/t15-,18+,19+/m1/s1. The lowest BCUT2D eigenvalue weighted by Gasteiger charge is -2.43. The van der Waals surface area contributed by atoms with E-state index in [1.54, 1.807) is 7.11 Å². The van der Waals surface area contributed by atoms with Crippen LogP contribution in [0.25, 0.3) is 6.08 Å². The topological polar surface area (TPSA) is 29.5 Å². The van der Waals surface area contributed by atoms with Crippen molar-refractivity contribution < 1.29 is 9.84 Å². The fraction of sp³-hybridized carbons (Fsp3) is 0.579. The van der Waals surface area contributed by atoms with Crippen molar-refractivity contribution in [3.05, 3.63) is 35.9 Å². The zero-order chi connectivity index (χ0) is 15.5. The van der Waals surface area contributed by atoms with E-state index in [-0.39, 0.29) is 0 Å². The summed E-state index contributed by atoms with van der Waals surface area (Å²) in [5.74, 6) is 2.27. The molecule has 1 N–H and O–H groups in total. The van der Waals surface area contributed by atoms with Crippen LogP contribution >= 0.6 is 0 Å². The van der Waals surface area contributed by atoms with E-state index in [0.29, 0.717) is 17.8 Å².